The van der Waals surface area contributed by atoms with E-state index in [0.717, 1.165) is 12.1 Å². The van der Waals surface area contributed by atoms with E-state index in [0.29, 0.717) is 13.1 Å². The predicted octanol–water partition coefficient (Wildman–Crippen LogP) is 0.843. The number of benzene rings is 1. The molecule has 0 unspecified atom stereocenters. The molecule has 0 aliphatic heterocycles. The Bertz CT molecular complexity index is 369. The third-order valence-electron chi connectivity index (χ3n) is 2.06. The van der Waals surface area contributed by atoms with Gasteiger partial charge in [-0.2, -0.15) is 0 Å². The van der Waals surface area contributed by atoms with Crippen molar-refractivity contribution < 1.29 is 13.6 Å². The van der Waals surface area contributed by atoms with Gasteiger partial charge in [-0.05, 0) is 18.7 Å². The topological polar surface area (TPSA) is 41.1 Å². The molecule has 2 N–H and O–H groups in total. The smallest absolute Gasteiger partial charge is 0.224 e. The molecule has 0 spiro atoms. The summed E-state index contributed by atoms with van der Waals surface area (Å²) in [7, 11) is 1.77. The van der Waals surface area contributed by atoms with Gasteiger partial charge >= 0.3 is 0 Å². The lowest BCUT2D eigenvalue weighted by Gasteiger charge is -2.05. The Labute approximate surface area is 92.8 Å². The molecular formula is C11H14F2N2O. The van der Waals surface area contributed by atoms with Gasteiger partial charge in [0.15, 0.2) is 0 Å². The van der Waals surface area contributed by atoms with Gasteiger partial charge in [-0.25, -0.2) is 8.78 Å². The molecule has 0 atom stereocenters. The maximum Gasteiger partial charge on any atom is 0.224 e. The first kappa shape index (κ1) is 12.6. The maximum absolute atomic E-state index is 13.2. The molecule has 88 valence electrons. The minimum absolute atomic E-state index is 0.0736. The molecule has 0 heterocycles. The molecule has 1 aromatic rings. The molecule has 1 amide bonds. The number of carbonyl (C=O) groups is 1. The van der Waals surface area contributed by atoms with Crippen molar-refractivity contribution in [2.75, 3.05) is 20.1 Å². The molecule has 0 aromatic heterocycles. The fourth-order valence-electron chi connectivity index (χ4n) is 1.23. The van der Waals surface area contributed by atoms with E-state index in [9.17, 15) is 13.6 Å². The number of hydrogen-bond donors (Lipinski definition) is 2. The molecule has 0 fully saturated rings. The van der Waals surface area contributed by atoms with Crippen molar-refractivity contribution in [1.82, 2.24) is 10.6 Å². The van der Waals surface area contributed by atoms with Gasteiger partial charge in [0.2, 0.25) is 5.91 Å². The van der Waals surface area contributed by atoms with Crippen LogP contribution < -0.4 is 10.6 Å². The van der Waals surface area contributed by atoms with Crippen molar-refractivity contribution in [2.24, 2.45) is 0 Å². The van der Waals surface area contributed by atoms with Gasteiger partial charge in [-0.1, -0.05) is 6.07 Å². The number of likely N-dealkylation sites (N-methyl/N-ethyl adjacent to an activating group) is 1. The second-order valence-corrected chi connectivity index (χ2v) is 3.37. The van der Waals surface area contributed by atoms with Crippen molar-refractivity contribution in [3.05, 3.63) is 35.4 Å². The minimum atomic E-state index is -0.691. The van der Waals surface area contributed by atoms with Gasteiger partial charge in [0.1, 0.15) is 11.6 Å². The summed E-state index contributed by atoms with van der Waals surface area (Å²) < 4.78 is 25.8. The van der Waals surface area contributed by atoms with Gasteiger partial charge in [-0.3, -0.25) is 4.79 Å². The largest absolute Gasteiger partial charge is 0.355 e. The average molecular weight is 228 g/mol. The summed E-state index contributed by atoms with van der Waals surface area (Å²) >= 11 is 0. The Kier molecular flexibility index (Phi) is 4.85. The predicted molar refractivity (Wildman–Crippen MR) is 57.0 cm³/mol. The zero-order valence-corrected chi connectivity index (χ0v) is 9.02. The standard InChI is InChI=1S/C11H14F2N2O/c1-14-4-5-15-11(16)6-8-2-3-9(12)7-10(8)13/h2-3,7,14H,4-6H2,1H3,(H,15,16). The zero-order chi connectivity index (χ0) is 12.0. The summed E-state index contributed by atoms with van der Waals surface area (Å²) in [6.07, 6.45) is -0.0736. The summed E-state index contributed by atoms with van der Waals surface area (Å²) in [6.45, 7) is 1.13. The molecule has 0 saturated heterocycles. The highest BCUT2D eigenvalue weighted by molar-refractivity contribution is 5.78. The Hall–Kier alpha value is -1.49. The van der Waals surface area contributed by atoms with Crippen LogP contribution in [0.2, 0.25) is 0 Å². The molecule has 5 heteroatoms. The van der Waals surface area contributed by atoms with Gasteiger partial charge in [0, 0.05) is 19.2 Å². The summed E-state index contributed by atoms with van der Waals surface area (Å²) in [6, 6.07) is 3.19. The van der Waals surface area contributed by atoms with Crippen molar-refractivity contribution >= 4 is 5.91 Å². The molecule has 0 aliphatic rings. The Morgan fingerprint density at radius 2 is 2.06 bits per heavy atom. The highest BCUT2D eigenvalue weighted by Gasteiger charge is 2.08. The summed E-state index contributed by atoms with van der Waals surface area (Å²) in [5, 5.41) is 5.48. The molecular weight excluding hydrogens is 214 g/mol. The molecule has 16 heavy (non-hydrogen) atoms. The van der Waals surface area contributed by atoms with Crippen molar-refractivity contribution in [3.63, 3.8) is 0 Å². The fraction of sp³-hybridized carbons (Fsp3) is 0.364. The Balaban J connectivity index is 2.49. The van der Waals surface area contributed by atoms with E-state index in [-0.39, 0.29) is 17.9 Å². The van der Waals surface area contributed by atoms with Gasteiger partial charge < -0.3 is 10.6 Å². The van der Waals surface area contributed by atoms with Crippen LogP contribution in [0.4, 0.5) is 8.78 Å². The number of carbonyl (C=O) groups excluding carboxylic acids is 1. The second kappa shape index (κ2) is 6.17. The van der Waals surface area contributed by atoms with Crippen LogP contribution in [0.3, 0.4) is 0 Å². The van der Waals surface area contributed by atoms with E-state index in [1.54, 1.807) is 7.05 Å². The molecule has 0 bridgehead atoms. The highest BCUT2D eigenvalue weighted by atomic mass is 19.1. The average Bonchev–Trinajstić information content (AvgIpc) is 2.23. The van der Waals surface area contributed by atoms with E-state index < -0.39 is 11.6 Å². The van der Waals surface area contributed by atoms with Crippen LogP contribution in [-0.4, -0.2) is 26.0 Å². The number of nitrogens with one attached hydrogen (secondary N) is 2. The maximum atomic E-state index is 13.2. The van der Waals surface area contributed by atoms with Crippen LogP contribution in [0.25, 0.3) is 0 Å². The van der Waals surface area contributed by atoms with Crippen LogP contribution >= 0.6 is 0 Å². The van der Waals surface area contributed by atoms with E-state index in [1.807, 2.05) is 0 Å². The van der Waals surface area contributed by atoms with Gasteiger partial charge in [0.25, 0.3) is 0 Å². The molecule has 1 aromatic carbocycles. The van der Waals surface area contributed by atoms with Crippen LogP contribution in [-0.2, 0) is 11.2 Å². The SMILES string of the molecule is CNCCNC(=O)Cc1ccc(F)cc1F. The third-order valence-corrected chi connectivity index (χ3v) is 2.06. The van der Waals surface area contributed by atoms with Crippen molar-refractivity contribution in [1.29, 1.82) is 0 Å². The van der Waals surface area contributed by atoms with E-state index in [4.69, 9.17) is 0 Å². The second-order valence-electron chi connectivity index (χ2n) is 3.37. The highest BCUT2D eigenvalue weighted by Crippen LogP contribution is 2.09. The number of halogens is 2. The van der Waals surface area contributed by atoms with E-state index in [2.05, 4.69) is 10.6 Å². The van der Waals surface area contributed by atoms with Crippen LogP contribution in [0, 0.1) is 11.6 Å². The van der Waals surface area contributed by atoms with Crippen molar-refractivity contribution in [2.45, 2.75) is 6.42 Å². The third kappa shape index (κ3) is 3.94. The first-order chi connectivity index (χ1) is 7.63. The molecule has 3 nitrogen and oxygen atoms in total. The lowest BCUT2D eigenvalue weighted by molar-refractivity contribution is -0.120. The van der Waals surface area contributed by atoms with E-state index in [1.165, 1.54) is 6.07 Å². The summed E-state index contributed by atoms with van der Waals surface area (Å²) in [4.78, 5) is 11.3. The summed E-state index contributed by atoms with van der Waals surface area (Å²) in [5.41, 5.74) is 0.198. The van der Waals surface area contributed by atoms with Gasteiger partial charge in [-0.15, -0.1) is 0 Å². The fourth-order valence-corrected chi connectivity index (χ4v) is 1.23. The molecule has 0 radical (unpaired) electrons. The van der Waals surface area contributed by atoms with Crippen LogP contribution in [0.15, 0.2) is 18.2 Å². The quantitative estimate of drug-likeness (QED) is 0.733. The lowest BCUT2D eigenvalue weighted by Crippen LogP contribution is -2.31. The lowest BCUT2D eigenvalue weighted by atomic mass is 10.1. The zero-order valence-electron chi connectivity index (χ0n) is 9.02. The van der Waals surface area contributed by atoms with Gasteiger partial charge in [0.05, 0.1) is 6.42 Å². The summed E-state index contributed by atoms with van der Waals surface area (Å²) in [5.74, 6) is -1.61. The molecule has 0 saturated carbocycles. The normalized spacial score (nSPS) is 10.2. The first-order valence-electron chi connectivity index (χ1n) is 4.98. The van der Waals surface area contributed by atoms with Crippen LogP contribution in [0.5, 0.6) is 0 Å². The van der Waals surface area contributed by atoms with Crippen molar-refractivity contribution in [3.8, 4) is 0 Å². The Morgan fingerprint density at radius 1 is 1.31 bits per heavy atom. The minimum Gasteiger partial charge on any atom is -0.355 e. The number of rotatable bonds is 5. The van der Waals surface area contributed by atoms with E-state index >= 15 is 0 Å². The number of amides is 1. The number of hydrogen-bond acceptors (Lipinski definition) is 2. The molecule has 1 rings (SSSR count). The Morgan fingerprint density at radius 3 is 2.69 bits per heavy atom. The first-order valence-corrected chi connectivity index (χ1v) is 4.98. The monoisotopic (exact) mass is 228 g/mol. The van der Waals surface area contributed by atoms with Crippen LogP contribution in [0.1, 0.15) is 5.56 Å². The molecule has 0 aliphatic carbocycles.